The van der Waals surface area contributed by atoms with Gasteiger partial charge in [0.1, 0.15) is 34.8 Å². The Morgan fingerprint density at radius 1 is 0.868 bits per heavy atom. The van der Waals surface area contributed by atoms with Crippen LogP contribution < -0.4 is 73.9 Å². The van der Waals surface area contributed by atoms with Gasteiger partial charge in [0.15, 0.2) is 6.54 Å². The normalized spacial score (nSPS) is 17.7. The Labute approximate surface area is 442 Å². The van der Waals surface area contributed by atoms with Crippen molar-refractivity contribution in [2.75, 3.05) is 63.0 Å². The first-order valence-corrected chi connectivity index (χ1v) is 25.8. The number of hydrogen-bond donors (Lipinski definition) is 0. The van der Waals surface area contributed by atoms with E-state index in [1.54, 1.807) is 37.2 Å². The van der Waals surface area contributed by atoms with Gasteiger partial charge in [-0.25, -0.2) is 34.6 Å². The number of rotatable bonds is 22. The maximum absolute atomic E-state index is 12.9. The Hall–Kier alpha value is -2.81. The number of methoxy groups -OCH3 is 1. The van der Waals surface area contributed by atoms with Crippen LogP contribution in [0.5, 0.6) is 0 Å². The molecule has 19 nitrogen and oxygen atoms in total. The van der Waals surface area contributed by atoms with Gasteiger partial charge in [0, 0.05) is 79.3 Å². The summed E-state index contributed by atoms with van der Waals surface area (Å²) < 4.78 is 125. The number of hydroxylamine groups is 2. The van der Waals surface area contributed by atoms with Crippen LogP contribution in [0.2, 0.25) is 0 Å². The van der Waals surface area contributed by atoms with Gasteiger partial charge in [-0.1, -0.05) is 26.8 Å². The number of fused-ring (bicyclic) bond motifs is 2. The van der Waals surface area contributed by atoms with Crippen LogP contribution in [-0.4, -0.2) is 120 Å². The van der Waals surface area contributed by atoms with Gasteiger partial charge in [0.05, 0.1) is 44.4 Å². The second-order valence-electron chi connectivity index (χ2n) is 17.2. The average Bonchev–Trinajstić information content (AvgIpc) is 3.65. The zero-order valence-corrected chi connectivity index (χ0v) is 45.9. The molecule has 1 aromatic rings. The molecule has 0 bridgehead atoms. The minimum Gasteiger partial charge on any atom is -0.748 e. The summed E-state index contributed by atoms with van der Waals surface area (Å²) in [6.45, 7) is 9.48. The molecule has 1 fully saturated rings. The van der Waals surface area contributed by atoms with Crippen molar-refractivity contribution in [1.29, 1.82) is 0 Å². The molecule has 24 heteroatoms. The van der Waals surface area contributed by atoms with Gasteiger partial charge in [-0.2, -0.15) is 0 Å². The van der Waals surface area contributed by atoms with E-state index in [-0.39, 0.29) is 117 Å². The monoisotopic (exact) mass is 1020 g/mol. The third kappa shape index (κ3) is 16.4. The van der Waals surface area contributed by atoms with E-state index in [1.807, 2.05) is 49.6 Å². The topological polar surface area (TPSA) is 273 Å². The van der Waals surface area contributed by atoms with Crippen molar-refractivity contribution in [2.24, 2.45) is 0 Å². The molecule has 3 heterocycles. The molecular formula is C44H55N3Na2O16S3. The third-order valence-corrected chi connectivity index (χ3v) is 13.7. The largest absolute Gasteiger partial charge is 1.00 e. The van der Waals surface area contributed by atoms with Gasteiger partial charge >= 0.3 is 65.1 Å². The second-order valence-corrected chi connectivity index (χ2v) is 21.7. The van der Waals surface area contributed by atoms with Crippen LogP contribution >= 0.6 is 0 Å². The Balaban J connectivity index is 0.00000612. The van der Waals surface area contributed by atoms with E-state index in [4.69, 9.17) is 18.7 Å². The van der Waals surface area contributed by atoms with Crippen LogP contribution in [0, 0.1) is 0 Å². The first-order chi connectivity index (χ1) is 30.8. The molecule has 1 saturated heterocycles. The zero-order valence-electron chi connectivity index (χ0n) is 39.5. The number of hydrogen-bond acceptors (Lipinski definition) is 17. The minimum atomic E-state index is -4.95. The number of imide groups is 1. The Morgan fingerprint density at radius 3 is 2.15 bits per heavy atom. The number of ether oxygens (including phenoxy) is 2. The van der Waals surface area contributed by atoms with Crippen LogP contribution in [-0.2, 0) is 69.9 Å². The van der Waals surface area contributed by atoms with Crippen molar-refractivity contribution in [3.63, 3.8) is 0 Å². The molecule has 0 spiro atoms. The molecule has 4 aliphatic rings. The maximum Gasteiger partial charge on any atom is 1.00 e. The van der Waals surface area contributed by atoms with E-state index >= 15 is 0 Å². The van der Waals surface area contributed by atoms with Gasteiger partial charge in [-0.15, -0.1) is 5.06 Å². The van der Waals surface area contributed by atoms with E-state index < -0.39 is 75.4 Å². The third-order valence-electron chi connectivity index (χ3n) is 11.2. The SMILES string of the molecule is COCCOCC[N+](CCCS(=O)(=O)[O-])=c1ccc2c(C(C)(C)C)cc(/C=C/C=C3/N(CCCS(=O)(=O)[O-])c4ccc(S(=O)(=O)[O-])cc4C3(C)CCCC(=O)ON3C(=O)CCC3=O)oc-2c1.[Na+].[Na+]. The molecule has 3 aliphatic heterocycles. The number of nitrogens with zero attached hydrogens (tertiary/aromatic N) is 3. The van der Waals surface area contributed by atoms with Crippen LogP contribution in [0.25, 0.3) is 17.4 Å². The summed E-state index contributed by atoms with van der Waals surface area (Å²) in [5.74, 6) is -2.50. The molecular weight excluding hydrogens is 969 g/mol. The van der Waals surface area contributed by atoms with Gasteiger partial charge in [0.2, 0.25) is 5.36 Å². The quantitative estimate of drug-likeness (QED) is 0.0327. The van der Waals surface area contributed by atoms with Crippen LogP contribution in [0.1, 0.15) is 89.5 Å². The van der Waals surface area contributed by atoms with E-state index in [1.165, 1.54) is 12.1 Å². The summed E-state index contributed by atoms with van der Waals surface area (Å²) in [5, 5.41) is 1.12. The van der Waals surface area contributed by atoms with E-state index in [0.717, 1.165) is 17.2 Å². The van der Waals surface area contributed by atoms with Gasteiger partial charge < -0.3 is 37.3 Å². The van der Waals surface area contributed by atoms with Crippen molar-refractivity contribution in [2.45, 2.75) is 88.4 Å². The molecule has 1 atom stereocenters. The predicted octanol–water partition coefficient (Wildman–Crippen LogP) is -2.65. The summed E-state index contributed by atoms with van der Waals surface area (Å²) in [4.78, 5) is 43.2. The maximum atomic E-state index is 12.9. The Morgan fingerprint density at radius 2 is 1.53 bits per heavy atom. The molecule has 0 aromatic heterocycles. The van der Waals surface area contributed by atoms with E-state index in [2.05, 4.69) is 0 Å². The summed E-state index contributed by atoms with van der Waals surface area (Å²) in [6.07, 6.45) is 4.80. The number of benzene rings is 2. The summed E-state index contributed by atoms with van der Waals surface area (Å²) in [7, 11) is -12.5. The standard InChI is InChI=1S/C44H57N3O16S3.2Na/c1-43(2,3)35-29-32(62-38-28-31(13-15-34(35)38)45(20-8-26-64(51,52)53)22-23-61-25-24-60-5)10-6-11-39-44(4,19-7-12-42(50)63-47-40(48)17-18-41(47)49)36-30-33(66(57,58)59)14-16-37(36)46(39)21-9-27-65(54,55)56;;/h6,10-11,13-16,28-30H,7-9,12,17-27H2,1-5H3,(H2-,51,52,53,54,55,56,57,58,59);;/q;2*+1/p-2. The van der Waals surface area contributed by atoms with Gasteiger partial charge in [0.25, 0.3) is 11.8 Å². The second kappa shape index (κ2) is 25.0. The number of allylic oxidation sites excluding steroid dienone is 3. The predicted molar refractivity (Wildman–Crippen MR) is 237 cm³/mol. The molecule has 1 unspecified atom stereocenters. The van der Waals surface area contributed by atoms with E-state index in [0.29, 0.717) is 65.3 Å². The fraction of sp³-hybridized carbons (Fsp3) is 0.500. The Bertz CT molecular complexity index is 2740. The van der Waals surface area contributed by atoms with Crippen LogP contribution in [0.3, 0.4) is 0 Å². The van der Waals surface area contributed by atoms with E-state index in [9.17, 15) is 53.3 Å². The zero-order chi connectivity index (χ0) is 48.7. The first-order valence-electron chi connectivity index (χ1n) is 21.2. The van der Waals surface area contributed by atoms with Crippen LogP contribution in [0.4, 0.5) is 5.69 Å². The molecule has 362 valence electrons. The smallest absolute Gasteiger partial charge is 0.748 e. The molecule has 68 heavy (non-hydrogen) atoms. The average molecular weight is 1020 g/mol. The molecule has 2 amide bonds. The molecule has 5 rings (SSSR count). The summed E-state index contributed by atoms with van der Waals surface area (Å²) in [6, 6.07) is 11.3. The molecule has 1 aromatic carbocycles. The number of amides is 2. The number of carbonyl (C=O) groups is 3. The van der Waals surface area contributed by atoms with Crippen molar-refractivity contribution in [3.05, 3.63) is 82.6 Å². The Kier molecular flexibility index (Phi) is 21.9. The van der Waals surface area contributed by atoms with Crippen molar-refractivity contribution in [1.82, 2.24) is 9.64 Å². The molecule has 0 N–H and O–H groups in total. The van der Waals surface area contributed by atoms with Crippen molar-refractivity contribution >= 4 is 59.9 Å². The first kappa shape index (κ1) is 59.5. The molecule has 0 radical (unpaired) electrons. The van der Waals surface area contributed by atoms with Gasteiger partial charge in [-0.3, -0.25) is 9.59 Å². The number of carbonyl (C=O) groups excluding carboxylic acids is 3. The fourth-order valence-electron chi connectivity index (χ4n) is 8.03. The van der Waals surface area contributed by atoms with Gasteiger partial charge in [-0.05, 0) is 85.2 Å². The van der Waals surface area contributed by atoms with Crippen molar-refractivity contribution in [3.8, 4) is 11.3 Å². The number of anilines is 1. The van der Waals surface area contributed by atoms with Crippen molar-refractivity contribution < 1.29 is 131 Å². The summed E-state index contributed by atoms with van der Waals surface area (Å²) in [5.41, 5.74) is 1.49. The molecule has 0 saturated carbocycles. The van der Waals surface area contributed by atoms with Crippen LogP contribution in [0.15, 0.2) is 69.6 Å². The summed E-state index contributed by atoms with van der Waals surface area (Å²) >= 11 is 0. The minimum absolute atomic E-state index is 0. The molecule has 1 aliphatic carbocycles. The fourth-order valence-corrected chi connectivity index (χ4v) is 9.49.